The van der Waals surface area contributed by atoms with Gasteiger partial charge in [-0.05, 0) is 42.5 Å². The number of carbonyl (C=O) groups is 1. The molecule has 9 heteroatoms. The van der Waals surface area contributed by atoms with Gasteiger partial charge in [-0.3, -0.25) is 4.79 Å². The highest BCUT2D eigenvalue weighted by Crippen LogP contribution is 2.36. The fourth-order valence-corrected chi connectivity index (χ4v) is 2.59. The summed E-state index contributed by atoms with van der Waals surface area (Å²) in [6, 6.07) is 10.5. The SMILES string of the molecule is O=C(Nc1ccc(Nc2ccccc2C(F)(F)F)c(F)c1)c1c(F)cccc1F. The summed E-state index contributed by atoms with van der Waals surface area (Å²) in [4.78, 5) is 12.0. The van der Waals surface area contributed by atoms with Gasteiger partial charge in [0.2, 0.25) is 0 Å². The minimum Gasteiger partial charge on any atom is -0.353 e. The number of para-hydroxylation sites is 1. The van der Waals surface area contributed by atoms with Crippen LogP contribution in [0.4, 0.5) is 43.4 Å². The van der Waals surface area contributed by atoms with Crippen molar-refractivity contribution in [1.82, 2.24) is 0 Å². The van der Waals surface area contributed by atoms with E-state index < -0.39 is 40.7 Å². The Balaban J connectivity index is 1.82. The molecule has 2 N–H and O–H groups in total. The van der Waals surface area contributed by atoms with Crippen LogP contribution in [0, 0.1) is 17.5 Å². The van der Waals surface area contributed by atoms with E-state index in [-0.39, 0.29) is 17.1 Å². The minimum atomic E-state index is -4.64. The van der Waals surface area contributed by atoms with Crippen LogP contribution in [0.2, 0.25) is 0 Å². The molecule has 0 spiro atoms. The zero-order chi connectivity index (χ0) is 21.2. The monoisotopic (exact) mass is 410 g/mol. The quantitative estimate of drug-likeness (QED) is 0.509. The maximum absolute atomic E-state index is 14.3. The lowest BCUT2D eigenvalue weighted by Gasteiger charge is -2.15. The van der Waals surface area contributed by atoms with E-state index in [2.05, 4.69) is 10.6 Å². The summed E-state index contributed by atoms with van der Waals surface area (Å²) in [5.41, 5.74) is -2.59. The average Bonchev–Trinajstić information content (AvgIpc) is 2.63. The maximum atomic E-state index is 14.3. The first kappa shape index (κ1) is 20.2. The Morgan fingerprint density at radius 2 is 1.41 bits per heavy atom. The molecule has 29 heavy (non-hydrogen) atoms. The van der Waals surface area contributed by atoms with Crippen molar-refractivity contribution in [2.45, 2.75) is 6.18 Å². The molecule has 0 atom stereocenters. The molecule has 0 aliphatic rings. The van der Waals surface area contributed by atoms with Gasteiger partial charge in [-0.1, -0.05) is 18.2 Å². The van der Waals surface area contributed by atoms with Gasteiger partial charge in [-0.15, -0.1) is 0 Å². The van der Waals surface area contributed by atoms with Gasteiger partial charge in [0, 0.05) is 5.69 Å². The first-order valence-electron chi connectivity index (χ1n) is 8.15. The predicted molar refractivity (Wildman–Crippen MR) is 95.4 cm³/mol. The molecule has 0 heterocycles. The highest BCUT2D eigenvalue weighted by Gasteiger charge is 2.33. The molecule has 0 radical (unpaired) electrons. The Bertz CT molecular complexity index is 1040. The number of anilines is 3. The summed E-state index contributed by atoms with van der Waals surface area (Å²) >= 11 is 0. The molecule has 3 nitrogen and oxygen atoms in total. The molecule has 0 saturated carbocycles. The van der Waals surface area contributed by atoms with E-state index in [9.17, 15) is 31.1 Å². The van der Waals surface area contributed by atoms with Crippen LogP contribution in [-0.4, -0.2) is 5.91 Å². The molecule has 150 valence electrons. The number of hydrogen-bond acceptors (Lipinski definition) is 2. The van der Waals surface area contributed by atoms with Crippen LogP contribution in [-0.2, 0) is 6.18 Å². The van der Waals surface area contributed by atoms with Crippen LogP contribution in [0.25, 0.3) is 0 Å². The lowest BCUT2D eigenvalue weighted by molar-refractivity contribution is -0.136. The van der Waals surface area contributed by atoms with E-state index in [1.165, 1.54) is 18.2 Å². The fraction of sp³-hybridized carbons (Fsp3) is 0.0500. The molecule has 0 aliphatic carbocycles. The highest BCUT2D eigenvalue weighted by atomic mass is 19.4. The largest absolute Gasteiger partial charge is 0.418 e. The molecule has 0 aliphatic heterocycles. The number of alkyl halides is 3. The van der Waals surface area contributed by atoms with Crippen molar-refractivity contribution in [3.63, 3.8) is 0 Å². The van der Waals surface area contributed by atoms with E-state index in [0.29, 0.717) is 0 Å². The van der Waals surface area contributed by atoms with Crippen molar-refractivity contribution in [2.75, 3.05) is 10.6 Å². The number of hydrogen-bond donors (Lipinski definition) is 2. The molecule has 0 saturated heterocycles. The van der Waals surface area contributed by atoms with Crippen LogP contribution in [0.1, 0.15) is 15.9 Å². The second-order valence-corrected chi connectivity index (χ2v) is 5.91. The van der Waals surface area contributed by atoms with Crippen molar-refractivity contribution in [2.24, 2.45) is 0 Å². The molecular formula is C20H12F6N2O. The van der Waals surface area contributed by atoms with Crippen LogP contribution in [0.15, 0.2) is 60.7 Å². The van der Waals surface area contributed by atoms with Crippen molar-refractivity contribution < 1.29 is 31.1 Å². The van der Waals surface area contributed by atoms with Gasteiger partial charge < -0.3 is 10.6 Å². The van der Waals surface area contributed by atoms with Gasteiger partial charge in [0.15, 0.2) is 0 Å². The molecule has 0 bridgehead atoms. The zero-order valence-electron chi connectivity index (χ0n) is 14.4. The zero-order valence-corrected chi connectivity index (χ0v) is 14.4. The topological polar surface area (TPSA) is 41.1 Å². The lowest BCUT2D eigenvalue weighted by Crippen LogP contribution is -2.16. The van der Waals surface area contributed by atoms with E-state index in [4.69, 9.17) is 0 Å². The van der Waals surface area contributed by atoms with Crippen molar-refractivity contribution in [1.29, 1.82) is 0 Å². The number of carbonyl (C=O) groups excluding carboxylic acids is 1. The van der Waals surface area contributed by atoms with E-state index in [1.807, 2.05) is 0 Å². The lowest BCUT2D eigenvalue weighted by atomic mass is 10.1. The molecule has 1 amide bonds. The Hall–Kier alpha value is -3.49. The second kappa shape index (κ2) is 7.86. The fourth-order valence-electron chi connectivity index (χ4n) is 2.59. The van der Waals surface area contributed by atoms with Gasteiger partial charge in [0.1, 0.15) is 23.0 Å². The van der Waals surface area contributed by atoms with Gasteiger partial charge in [0.05, 0.1) is 16.9 Å². The highest BCUT2D eigenvalue weighted by molar-refractivity contribution is 6.04. The summed E-state index contributed by atoms with van der Waals surface area (Å²) in [6.07, 6.45) is -4.64. The Labute approximate surface area is 161 Å². The predicted octanol–water partition coefficient (Wildman–Crippen LogP) is 6.12. The van der Waals surface area contributed by atoms with Crippen molar-refractivity contribution in [3.05, 3.63) is 89.2 Å². The van der Waals surface area contributed by atoms with Crippen LogP contribution in [0.5, 0.6) is 0 Å². The van der Waals surface area contributed by atoms with Crippen LogP contribution in [0.3, 0.4) is 0 Å². The summed E-state index contributed by atoms with van der Waals surface area (Å²) in [6.45, 7) is 0. The third-order valence-electron chi connectivity index (χ3n) is 3.92. The number of nitrogens with one attached hydrogen (secondary N) is 2. The van der Waals surface area contributed by atoms with Crippen LogP contribution < -0.4 is 10.6 Å². The summed E-state index contributed by atoms with van der Waals surface area (Å²) in [7, 11) is 0. The number of rotatable bonds is 4. The summed E-state index contributed by atoms with van der Waals surface area (Å²) in [5.74, 6) is -4.30. The minimum absolute atomic E-state index is 0.134. The molecule has 0 fully saturated rings. The maximum Gasteiger partial charge on any atom is 0.418 e. The second-order valence-electron chi connectivity index (χ2n) is 5.91. The smallest absolute Gasteiger partial charge is 0.353 e. The number of benzene rings is 3. The van der Waals surface area contributed by atoms with Crippen molar-refractivity contribution >= 4 is 23.0 Å². The van der Waals surface area contributed by atoms with E-state index in [1.54, 1.807) is 0 Å². The van der Waals surface area contributed by atoms with E-state index in [0.717, 1.165) is 42.5 Å². The van der Waals surface area contributed by atoms with Gasteiger partial charge in [-0.25, -0.2) is 13.2 Å². The Kier molecular flexibility index (Phi) is 5.49. The summed E-state index contributed by atoms with van der Waals surface area (Å²) < 4.78 is 80.8. The molecule has 3 rings (SSSR count). The molecule has 0 aromatic heterocycles. The Morgan fingerprint density at radius 3 is 2.03 bits per heavy atom. The van der Waals surface area contributed by atoms with E-state index >= 15 is 0 Å². The molecule has 0 unspecified atom stereocenters. The Morgan fingerprint density at radius 1 is 0.759 bits per heavy atom. The normalized spacial score (nSPS) is 11.2. The van der Waals surface area contributed by atoms with Gasteiger partial charge in [-0.2, -0.15) is 13.2 Å². The first-order valence-corrected chi connectivity index (χ1v) is 8.15. The molecular weight excluding hydrogens is 398 g/mol. The average molecular weight is 410 g/mol. The molecule has 3 aromatic carbocycles. The number of halogens is 6. The third kappa shape index (κ3) is 4.50. The number of amides is 1. The molecule has 3 aromatic rings. The standard InChI is InChI=1S/C20H12F6N2O/c21-13-5-3-6-14(22)18(13)19(29)27-11-8-9-17(15(23)10-11)28-16-7-2-1-4-12(16)20(24,25)26/h1-10,28H,(H,27,29). The third-order valence-corrected chi connectivity index (χ3v) is 3.92. The van der Waals surface area contributed by atoms with Gasteiger partial charge >= 0.3 is 6.18 Å². The van der Waals surface area contributed by atoms with Crippen molar-refractivity contribution in [3.8, 4) is 0 Å². The van der Waals surface area contributed by atoms with Crippen LogP contribution >= 0.6 is 0 Å². The van der Waals surface area contributed by atoms with Gasteiger partial charge in [0.25, 0.3) is 5.91 Å². The summed E-state index contributed by atoms with van der Waals surface area (Å²) in [5, 5.41) is 4.49. The first-order chi connectivity index (χ1) is 13.7.